The van der Waals surface area contributed by atoms with Crippen molar-refractivity contribution in [2.75, 3.05) is 16.0 Å². The Morgan fingerprint density at radius 2 is 1.82 bits per heavy atom. The second-order valence-corrected chi connectivity index (χ2v) is 7.19. The molecule has 0 spiro atoms. The van der Waals surface area contributed by atoms with Gasteiger partial charge in [0.05, 0.1) is 17.4 Å². The Bertz CT molecular complexity index is 1390. The Morgan fingerprint density at radius 3 is 2.67 bits per heavy atom. The van der Waals surface area contributed by atoms with Gasteiger partial charge in [-0.3, -0.25) is 10.3 Å². The first-order valence-electron chi connectivity index (χ1n) is 10.2. The van der Waals surface area contributed by atoms with E-state index in [1.54, 1.807) is 18.2 Å². The third kappa shape index (κ3) is 5.07. The summed E-state index contributed by atoms with van der Waals surface area (Å²) in [6.45, 7) is 0.769. The van der Waals surface area contributed by atoms with Gasteiger partial charge in [-0.15, -0.1) is 10.2 Å². The highest BCUT2D eigenvalue weighted by atomic mass is 16.2. The minimum absolute atomic E-state index is 0.352. The molecule has 2 aromatic carbocycles. The average Bonchev–Trinajstić information content (AvgIpc) is 3.26. The van der Waals surface area contributed by atoms with Crippen molar-refractivity contribution < 1.29 is 4.79 Å². The number of amides is 2. The lowest BCUT2D eigenvalue weighted by Gasteiger charge is -2.08. The summed E-state index contributed by atoms with van der Waals surface area (Å²) in [5, 5.41) is 16.9. The summed E-state index contributed by atoms with van der Waals surface area (Å²) in [5.74, 6) is 0.714. The molecule has 3 aromatic heterocycles. The first-order valence-corrected chi connectivity index (χ1v) is 10.2. The molecule has 0 aliphatic carbocycles. The van der Waals surface area contributed by atoms with Crippen LogP contribution in [0.3, 0.4) is 0 Å². The zero-order valence-electron chi connectivity index (χ0n) is 17.4. The van der Waals surface area contributed by atoms with E-state index in [0.717, 1.165) is 12.2 Å². The fraction of sp³-hybridized carbons (Fsp3) is 0.0435. The zero-order valence-corrected chi connectivity index (χ0v) is 17.4. The molecule has 162 valence electrons. The van der Waals surface area contributed by atoms with Crippen molar-refractivity contribution in [3.8, 4) is 0 Å². The van der Waals surface area contributed by atoms with E-state index in [9.17, 15) is 4.79 Å². The summed E-state index contributed by atoms with van der Waals surface area (Å²) in [5.41, 5.74) is 3.83. The number of urea groups is 1. The molecule has 0 unspecified atom stereocenters. The van der Waals surface area contributed by atoms with E-state index in [1.165, 1.54) is 24.2 Å². The number of nitrogens with zero attached hydrogens (tertiary/aromatic N) is 6. The molecule has 0 bridgehead atoms. The molecule has 3 N–H and O–H groups in total. The van der Waals surface area contributed by atoms with Crippen LogP contribution in [0.25, 0.3) is 11.0 Å². The van der Waals surface area contributed by atoms with Gasteiger partial charge in [0, 0.05) is 37.0 Å². The van der Waals surface area contributed by atoms with E-state index >= 15 is 0 Å². The van der Waals surface area contributed by atoms with E-state index in [0.29, 0.717) is 28.5 Å². The number of hydrogen-bond donors (Lipinski definition) is 3. The molecule has 5 aromatic rings. The Hall–Kier alpha value is -4.86. The van der Waals surface area contributed by atoms with Gasteiger partial charge >= 0.3 is 6.03 Å². The molecule has 0 saturated heterocycles. The number of hydrogen-bond acceptors (Lipinski definition) is 7. The molecule has 10 heteroatoms. The largest absolute Gasteiger partial charge is 0.348 e. The van der Waals surface area contributed by atoms with Crippen molar-refractivity contribution in [2.45, 2.75) is 6.54 Å². The molecule has 0 saturated carbocycles. The van der Waals surface area contributed by atoms with Crippen LogP contribution in [-0.2, 0) is 6.54 Å². The van der Waals surface area contributed by atoms with Gasteiger partial charge in [-0.1, -0.05) is 30.3 Å². The minimum Gasteiger partial charge on any atom is -0.348 e. The summed E-state index contributed by atoms with van der Waals surface area (Å²) < 4.78 is 2.07. The average molecular weight is 437 g/mol. The lowest BCUT2D eigenvalue weighted by Crippen LogP contribution is -2.20. The predicted octanol–water partition coefficient (Wildman–Crippen LogP) is 4.05. The Morgan fingerprint density at radius 1 is 0.909 bits per heavy atom. The Balaban J connectivity index is 1.27. The van der Waals surface area contributed by atoms with Crippen LogP contribution in [-0.4, -0.2) is 35.7 Å². The number of carbonyl (C=O) groups excluding carboxylic acids is 1. The van der Waals surface area contributed by atoms with Crippen LogP contribution in [0.4, 0.5) is 27.9 Å². The fourth-order valence-electron chi connectivity index (χ4n) is 3.24. The van der Waals surface area contributed by atoms with Crippen molar-refractivity contribution >= 4 is 40.2 Å². The third-order valence-corrected chi connectivity index (χ3v) is 4.73. The van der Waals surface area contributed by atoms with E-state index in [4.69, 9.17) is 0 Å². The monoisotopic (exact) mass is 437 g/mol. The number of nitrogens with one attached hydrogen (secondary N) is 3. The molecular weight excluding hydrogens is 418 g/mol. The van der Waals surface area contributed by atoms with Gasteiger partial charge in [-0.25, -0.2) is 14.8 Å². The van der Waals surface area contributed by atoms with E-state index in [2.05, 4.69) is 57.8 Å². The molecule has 0 aliphatic heterocycles. The predicted molar refractivity (Wildman–Crippen MR) is 125 cm³/mol. The summed E-state index contributed by atoms with van der Waals surface area (Å²) >= 11 is 0. The molecule has 3 heterocycles. The maximum Gasteiger partial charge on any atom is 0.324 e. The lowest BCUT2D eigenvalue weighted by atomic mass is 10.2. The molecular formula is C23H19N9O. The third-order valence-electron chi connectivity index (χ3n) is 4.73. The van der Waals surface area contributed by atoms with Crippen LogP contribution in [0.5, 0.6) is 0 Å². The van der Waals surface area contributed by atoms with Crippen LogP contribution in [0.15, 0.2) is 85.6 Å². The molecule has 10 nitrogen and oxygen atoms in total. The van der Waals surface area contributed by atoms with Gasteiger partial charge in [0.2, 0.25) is 5.95 Å². The summed E-state index contributed by atoms with van der Waals surface area (Å²) in [7, 11) is 0. The number of aromatic nitrogens is 6. The first kappa shape index (κ1) is 20.1. The highest BCUT2D eigenvalue weighted by Gasteiger charge is 2.08. The highest BCUT2D eigenvalue weighted by molar-refractivity contribution is 6.00. The van der Waals surface area contributed by atoms with Crippen LogP contribution in [0, 0.1) is 0 Å². The lowest BCUT2D eigenvalue weighted by molar-refractivity contribution is 0.262. The van der Waals surface area contributed by atoms with Gasteiger partial charge in [-0.2, -0.15) is 0 Å². The first-order chi connectivity index (χ1) is 16.2. The van der Waals surface area contributed by atoms with E-state index in [1.807, 2.05) is 36.7 Å². The van der Waals surface area contributed by atoms with Crippen molar-refractivity contribution in [3.63, 3.8) is 0 Å². The van der Waals surface area contributed by atoms with Crippen LogP contribution < -0.4 is 16.0 Å². The quantitative estimate of drug-likeness (QED) is 0.366. The molecule has 0 radical (unpaired) electrons. The number of carbonyl (C=O) groups is 1. The van der Waals surface area contributed by atoms with Crippen molar-refractivity contribution in [3.05, 3.63) is 91.1 Å². The topological polar surface area (TPSA) is 123 Å². The molecule has 5 rings (SSSR count). The van der Waals surface area contributed by atoms with Gasteiger partial charge in [-0.05, 0) is 29.8 Å². The van der Waals surface area contributed by atoms with E-state index < -0.39 is 6.03 Å². The Kier molecular flexibility index (Phi) is 5.53. The zero-order chi connectivity index (χ0) is 22.5. The number of fused-ring (bicyclic) bond motifs is 1. The van der Waals surface area contributed by atoms with Crippen LogP contribution >= 0.6 is 0 Å². The van der Waals surface area contributed by atoms with Crippen molar-refractivity contribution in [2.24, 2.45) is 0 Å². The maximum atomic E-state index is 12.2. The normalized spacial score (nSPS) is 10.7. The smallest absolute Gasteiger partial charge is 0.324 e. The minimum atomic E-state index is -0.435. The fourth-order valence-corrected chi connectivity index (χ4v) is 3.24. The number of benzene rings is 2. The summed E-state index contributed by atoms with van der Waals surface area (Å²) in [4.78, 5) is 24.7. The van der Waals surface area contributed by atoms with Crippen LogP contribution in [0.2, 0.25) is 0 Å². The molecule has 0 aliphatic rings. The SMILES string of the molecule is O=C(Nc1ccc2nnc(Nc3ccn(Cc4ccccc4)c3)nc2c1)Nc1cnccn1. The van der Waals surface area contributed by atoms with Gasteiger partial charge in [0.1, 0.15) is 5.52 Å². The van der Waals surface area contributed by atoms with Crippen molar-refractivity contribution in [1.29, 1.82) is 0 Å². The van der Waals surface area contributed by atoms with Gasteiger partial charge in [0.15, 0.2) is 5.82 Å². The molecule has 33 heavy (non-hydrogen) atoms. The molecule has 0 fully saturated rings. The van der Waals surface area contributed by atoms with E-state index in [-0.39, 0.29) is 0 Å². The van der Waals surface area contributed by atoms with Gasteiger partial charge in [0.25, 0.3) is 0 Å². The molecule has 2 amide bonds. The summed E-state index contributed by atoms with van der Waals surface area (Å²) in [6, 6.07) is 16.9. The number of rotatable bonds is 6. The number of anilines is 4. The van der Waals surface area contributed by atoms with Crippen molar-refractivity contribution in [1.82, 2.24) is 29.7 Å². The second kappa shape index (κ2) is 9.10. The maximum absolute atomic E-state index is 12.2. The van der Waals surface area contributed by atoms with Crippen LogP contribution in [0.1, 0.15) is 5.56 Å². The summed E-state index contributed by atoms with van der Waals surface area (Å²) in [6.07, 6.45) is 8.46. The Labute approximate surface area is 188 Å². The molecule has 0 atom stereocenters. The second-order valence-electron chi connectivity index (χ2n) is 7.19. The standard InChI is InChI=1S/C23H19N9O/c33-23(29-21-13-24-9-10-25-21)27-17-6-7-19-20(12-17)28-22(31-30-19)26-18-8-11-32(15-18)14-16-4-2-1-3-5-16/h1-13,15H,14H2,(H,26,28,31)(H2,25,27,29,33). The van der Waals surface area contributed by atoms with Gasteiger partial charge < -0.3 is 15.2 Å². The highest BCUT2D eigenvalue weighted by Crippen LogP contribution is 2.19.